The van der Waals surface area contributed by atoms with Gasteiger partial charge in [-0.05, 0) is 86.7 Å². The van der Waals surface area contributed by atoms with E-state index in [1.165, 1.54) is 4.68 Å². The SMILES string of the molecule is [2H]c1c([2H])c([2H])c(-c2cccc(-c3c([2H])c([2H])c([2H])c([2H])c3[2H])c2-[n+]2[c-]n3c(n2)C(C)(C)C(C)(C)c2ccc(Oc4ccc5c6ccccc6n(-c6cc(C(C)(C)C)ccn6)c5c4)cc2-3)c([2H])c1[2H]. The van der Waals surface area contributed by atoms with Crippen LogP contribution < -0.4 is 9.42 Å². The molecule has 0 fully saturated rings. The molecule has 0 spiro atoms. The van der Waals surface area contributed by atoms with Crippen LogP contribution in [-0.4, -0.2) is 19.2 Å². The second-order valence-electron chi connectivity index (χ2n) is 17.1. The number of benzene rings is 6. The first kappa shape index (κ1) is 27.0. The summed E-state index contributed by atoms with van der Waals surface area (Å²) in [6.07, 6.45) is 5.25. The van der Waals surface area contributed by atoms with Crippen molar-refractivity contribution in [2.75, 3.05) is 0 Å². The predicted molar refractivity (Wildman–Crippen MR) is 238 cm³/mol. The lowest BCUT2D eigenvalue weighted by molar-refractivity contribution is -0.660. The zero-order chi connectivity index (χ0) is 49.4. The Morgan fingerprint density at radius 1 is 0.678 bits per heavy atom. The molecule has 0 radical (unpaired) electrons. The van der Waals surface area contributed by atoms with Crippen LogP contribution in [-0.2, 0) is 16.2 Å². The normalized spacial score (nSPS) is 16.7. The summed E-state index contributed by atoms with van der Waals surface area (Å²) < 4.78 is 99.1. The van der Waals surface area contributed by atoms with Gasteiger partial charge in [0.05, 0.1) is 36.1 Å². The van der Waals surface area contributed by atoms with Gasteiger partial charge in [0.25, 0.3) is 6.33 Å². The van der Waals surface area contributed by atoms with E-state index >= 15 is 0 Å². The van der Waals surface area contributed by atoms with Crippen LogP contribution in [0.5, 0.6) is 11.5 Å². The molecule has 290 valence electrons. The summed E-state index contributed by atoms with van der Waals surface area (Å²) in [7, 11) is 0. The Kier molecular flexibility index (Phi) is 6.13. The number of pyridine rings is 1. The molecule has 1 aliphatic heterocycles. The van der Waals surface area contributed by atoms with Crippen LogP contribution in [0.25, 0.3) is 61.3 Å². The van der Waals surface area contributed by atoms with E-state index in [1.54, 1.807) is 18.2 Å². The maximum Gasteiger partial charge on any atom is 0.273 e. The van der Waals surface area contributed by atoms with E-state index in [2.05, 4.69) is 83.6 Å². The number of ether oxygens (including phenoxy) is 1. The minimum Gasteiger partial charge on any atom is -0.458 e. The number of rotatable bonds is 6. The number of hydrogen-bond donors (Lipinski definition) is 0. The molecule has 59 heavy (non-hydrogen) atoms. The second-order valence-corrected chi connectivity index (χ2v) is 17.1. The summed E-state index contributed by atoms with van der Waals surface area (Å²) >= 11 is 0. The van der Waals surface area contributed by atoms with Crippen molar-refractivity contribution in [3.8, 4) is 50.9 Å². The molecule has 0 N–H and O–H groups in total. The molecule has 0 amide bonds. The lowest BCUT2D eigenvalue weighted by Crippen LogP contribution is -2.46. The van der Waals surface area contributed by atoms with Gasteiger partial charge < -0.3 is 4.74 Å². The molecule has 10 rings (SSSR count). The van der Waals surface area contributed by atoms with E-state index in [1.807, 2.05) is 59.3 Å². The Balaban J connectivity index is 1.17. The Hall–Kier alpha value is -6.79. The molecule has 6 aromatic carbocycles. The zero-order valence-electron chi connectivity index (χ0n) is 43.9. The molecule has 3 aromatic heterocycles. The smallest absolute Gasteiger partial charge is 0.273 e. The monoisotopic (exact) mass is 779 g/mol. The van der Waals surface area contributed by atoms with Gasteiger partial charge in [0, 0.05) is 28.5 Å². The average molecular weight is 780 g/mol. The van der Waals surface area contributed by atoms with Crippen LogP contribution in [0.2, 0.25) is 0 Å². The third kappa shape index (κ3) is 5.88. The number of nitrogens with zero attached hydrogens (tertiary/aromatic N) is 5. The first-order valence-electron chi connectivity index (χ1n) is 24.6. The van der Waals surface area contributed by atoms with Crippen molar-refractivity contribution >= 4 is 21.8 Å². The molecule has 6 heteroatoms. The van der Waals surface area contributed by atoms with Gasteiger partial charge in [0.15, 0.2) is 5.82 Å². The van der Waals surface area contributed by atoms with E-state index in [9.17, 15) is 0 Å². The van der Waals surface area contributed by atoms with Crippen molar-refractivity contribution in [1.82, 2.24) is 19.2 Å². The van der Waals surface area contributed by atoms with Crippen LogP contribution in [0.1, 0.15) is 79.1 Å². The molecule has 9 aromatic rings. The summed E-state index contributed by atoms with van der Waals surface area (Å²) in [4.78, 5) is 4.83. The fourth-order valence-corrected chi connectivity index (χ4v) is 8.23. The highest BCUT2D eigenvalue weighted by molar-refractivity contribution is 6.09. The molecule has 0 bridgehead atoms. The average Bonchev–Trinajstić information content (AvgIpc) is 3.92. The van der Waals surface area contributed by atoms with Gasteiger partial charge in [-0.15, -0.1) is 5.10 Å². The third-order valence-electron chi connectivity index (χ3n) is 12.1. The molecule has 1 aliphatic rings. The third-order valence-corrected chi connectivity index (χ3v) is 12.1. The Bertz CT molecular complexity index is 3520. The van der Waals surface area contributed by atoms with Gasteiger partial charge in [0.2, 0.25) is 0 Å². The maximum atomic E-state index is 9.01. The van der Waals surface area contributed by atoms with Gasteiger partial charge in [-0.25, -0.2) is 4.98 Å². The topological polar surface area (TPSA) is 48.8 Å². The molecule has 4 heterocycles. The highest BCUT2D eigenvalue weighted by atomic mass is 16.5. The number of hydrogen-bond acceptors (Lipinski definition) is 3. The van der Waals surface area contributed by atoms with Crippen molar-refractivity contribution in [3.05, 3.63) is 181 Å². The van der Waals surface area contributed by atoms with Crippen molar-refractivity contribution in [1.29, 1.82) is 0 Å². The van der Waals surface area contributed by atoms with Crippen LogP contribution >= 0.6 is 0 Å². The first-order chi connectivity index (χ1) is 32.5. The summed E-state index contributed by atoms with van der Waals surface area (Å²) in [5.41, 5.74) is 3.46. The van der Waals surface area contributed by atoms with Crippen LogP contribution in [0.4, 0.5) is 0 Å². The summed E-state index contributed by atoms with van der Waals surface area (Å²) in [5.74, 6) is 2.47. The fraction of sp³-hybridized carbons (Fsp3) is 0.189. The van der Waals surface area contributed by atoms with Crippen molar-refractivity contribution in [2.45, 2.75) is 64.7 Å². The van der Waals surface area contributed by atoms with Crippen LogP contribution in [0.3, 0.4) is 0 Å². The number of aromatic nitrogens is 5. The zero-order valence-corrected chi connectivity index (χ0v) is 33.9. The standard InChI is InChI=1S/C53H47N5O/c1-51(2,3)37-29-30-54-48(31-37)58-45-24-15-14-21-42(45)43-27-25-38(32-46(43)58)59-39-26-28-44-47(33-39)56-34-57(55-50(56)53(6,7)52(44,4)5)49-40(35-17-10-8-11-18-35)22-16-23-41(49)36-19-12-9-13-20-36/h8-33H,1-7H3/i8D,9D,10D,11D,12D,13D,17D,18D,19D,20D. The molecule has 0 saturated heterocycles. The summed E-state index contributed by atoms with van der Waals surface area (Å²) in [6.45, 7) is 14.9. The quantitative estimate of drug-likeness (QED) is 0.125. The van der Waals surface area contributed by atoms with E-state index in [4.69, 9.17) is 28.5 Å². The van der Waals surface area contributed by atoms with E-state index in [-0.39, 0.29) is 33.4 Å². The minimum absolute atomic E-state index is 0.0902. The van der Waals surface area contributed by atoms with Gasteiger partial charge in [-0.2, -0.15) is 4.68 Å². The molecular weight excluding hydrogens is 723 g/mol. The van der Waals surface area contributed by atoms with Gasteiger partial charge in [0.1, 0.15) is 17.3 Å². The van der Waals surface area contributed by atoms with E-state index in [0.717, 1.165) is 38.8 Å². The maximum absolute atomic E-state index is 9.01. The number of fused-ring (bicyclic) bond motifs is 6. The Labute approximate surface area is 360 Å². The molecule has 0 aliphatic carbocycles. The van der Waals surface area contributed by atoms with Crippen molar-refractivity contribution < 1.29 is 23.1 Å². The molecule has 0 unspecified atom stereocenters. The van der Waals surface area contributed by atoms with E-state index < -0.39 is 71.3 Å². The van der Waals surface area contributed by atoms with Gasteiger partial charge >= 0.3 is 0 Å². The van der Waals surface area contributed by atoms with E-state index in [0.29, 0.717) is 23.0 Å². The number of para-hydroxylation sites is 2. The second kappa shape index (κ2) is 13.4. The Morgan fingerprint density at radius 2 is 1.32 bits per heavy atom. The molecule has 6 nitrogen and oxygen atoms in total. The highest BCUT2D eigenvalue weighted by Gasteiger charge is 2.48. The van der Waals surface area contributed by atoms with Crippen LogP contribution in [0.15, 0.2) is 158 Å². The fourth-order valence-electron chi connectivity index (χ4n) is 8.23. The lowest BCUT2D eigenvalue weighted by atomic mass is 9.61. The van der Waals surface area contributed by atoms with Crippen molar-refractivity contribution in [3.63, 3.8) is 0 Å². The highest BCUT2D eigenvalue weighted by Crippen LogP contribution is 2.50. The van der Waals surface area contributed by atoms with Crippen LogP contribution in [0, 0.1) is 6.33 Å². The minimum atomic E-state index is -0.691. The molecule has 0 atom stereocenters. The predicted octanol–water partition coefficient (Wildman–Crippen LogP) is 12.4. The molecular formula is C53H47N5O. The van der Waals surface area contributed by atoms with Crippen molar-refractivity contribution in [2.24, 2.45) is 0 Å². The van der Waals surface area contributed by atoms with Gasteiger partial charge in [-0.3, -0.25) is 9.13 Å². The van der Waals surface area contributed by atoms with Gasteiger partial charge in [-0.1, -0.05) is 151 Å². The summed E-state index contributed by atoms with van der Waals surface area (Å²) in [6, 6.07) is 23.8. The largest absolute Gasteiger partial charge is 0.458 e. The molecule has 0 saturated carbocycles. The Morgan fingerprint density at radius 3 is 2.02 bits per heavy atom. The summed E-state index contributed by atoms with van der Waals surface area (Å²) in [5, 5.41) is 7.31. The lowest BCUT2D eigenvalue weighted by Gasteiger charge is -2.46. The first-order valence-corrected chi connectivity index (χ1v) is 19.6.